The number of sulfonamides is 1. The Labute approximate surface area is 224 Å². The fraction of sp³-hybridized carbons (Fsp3) is 0.448. The van der Waals surface area contributed by atoms with Gasteiger partial charge in [-0.3, -0.25) is 9.36 Å². The fourth-order valence-electron chi connectivity index (χ4n) is 5.19. The van der Waals surface area contributed by atoms with Gasteiger partial charge in [0.05, 0.1) is 29.0 Å². The largest absolute Gasteiger partial charge is 0.466 e. The number of carbonyl (C=O) groups excluding carboxylic acids is 2. The van der Waals surface area contributed by atoms with Crippen molar-refractivity contribution in [1.82, 2.24) is 8.87 Å². The van der Waals surface area contributed by atoms with Crippen LogP contribution in [0.5, 0.6) is 0 Å². The van der Waals surface area contributed by atoms with Crippen LogP contribution < -0.4 is 0 Å². The Bertz CT molecular complexity index is 1440. The van der Waals surface area contributed by atoms with Crippen molar-refractivity contribution in [3.05, 3.63) is 65.9 Å². The van der Waals surface area contributed by atoms with E-state index in [2.05, 4.69) is 0 Å². The summed E-state index contributed by atoms with van der Waals surface area (Å²) in [7, 11) is -4.00. The molecule has 2 heterocycles. The molecule has 38 heavy (non-hydrogen) atoms. The van der Waals surface area contributed by atoms with Crippen LogP contribution in [0.15, 0.2) is 59.6 Å². The van der Waals surface area contributed by atoms with Crippen LogP contribution >= 0.6 is 0 Å². The summed E-state index contributed by atoms with van der Waals surface area (Å²) in [6, 6.07) is 12.7. The van der Waals surface area contributed by atoms with Crippen molar-refractivity contribution in [2.24, 2.45) is 5.92 Å². The molecule has 4 rings (SSSR count). The smallest absolute Gasteiger partial charge is 0.419 e. The number of ether oxygens (including phenoxy) is 2. The predicted octanol–water partition coefficient (Wildman–Crippen LogP) is 5.83. The minimum Gasteiger partial charge on any atom is -0.466 e. The van der Waals surface area contributed by atoms with Crippen LogP contribution in [0.4, 0.5) is 4.79 Å². The summed E-state index contributed by atoms with van der Waals surface area (Å²) in [6.07, 6.45) is 1.87. The number of benzene rings is 2. The number of aromatic nitrogens is 1. The van der Waals surface area contributed by atoms with Crippen LogP contribution in [0.3, 0.4) is 0 Å². The Morgan fingerprint density at radius 1 is 1.03 bits per heavy atom. The third-order valence-corrected chi connectivity index (χ3v) is 8.80. The van der Waals surface area contributed by atoms with E-state index in [1.165, 1.54) is 8.87 Å². The van der Waals surface area contributed by atoms with Crippen molar-refractivity contribution >= 4 is 33.0 Å². The summed E-state index contributed by atoms with van der Waals surface area (Å²) in [6.45, 7) is 11.1. The minimum absolute atomic E-state index is 0.159. The second-order valence-electron chi connectivity index (χ2n) is 10.7. The third kappa shape index (κ3) is 5.22. The molecule has 0 saturated carbocycles. The Balaban J connectivity index is 1.94. The zero-order chi connectivity index (χ0) is 27.8. The first-order chi connectivity index (χ1) is 17.9. The number of carbonyl (C=O) groups is 2. The normalized spacial score (nSPS) is 20.5. The highest BCUT2D eigenvalue weighted by Gasteiger charge is 2.52. The average Bonchev–Trinajstić information content (AvgIpc) is 3.43. The number of hydrogen-bond donors (Lipinski definition) is 0. The molecule has 0 unspecified atom stereocenters. The molecule has 9 heteroatoms. The van der Waals surface area contributed by atoms with Crippen molar-refractivity contribution in [1.29, 1.82) is 0 Å². The molecule has 1 fully saturated rings. The number of nitrogens with zero attached hydrogens (tertiary/aromatic N) is 2. The van der Waals surface area contributed by atoms with Crippen LogP contribution in [0, 0.1) is 12.8 Å². The average molecular weight is 541 g/mol. The second-order valence-corrected chi connectivity index (χ2v) is 12.5. The Morgan fingerprint density at radius 3 is 2.29 bits per heavy atom. The van der Waals surface area contributed by atoms with E-state index in [1.807, 2.05) is 26.0 Å². The van der Waals surface area contributed by atoms with E-state index < -0.39 is 45.7 Å². The minimum atomic E-state index is -4.00. The lowest BCUT2D eigenvalue weighted by Crippen LogP contribution is -2.38. The second kappa shape index (κ2) is 10.5. The van der Waals surface area contributed by atoms with Crippen LogP contribution in [-0.4, -0.2) is 47.6 Å². The van der Waals surface area contributed by atoms with E-state index in [4.69, 9.17) is 9.47 Å². The molecule has 1 aliphatic heterocycles. The zero-order valence-electron chi connectivity index (χ0n) is 22.8. The molecule has 0 amide bonds. The fourth-order valence-corrected chi connectivity index (χ4v) is 7.10. The molecule has 2 aromatic carbocycles. The SMILES string of the molecule is CCOC(=O)[C@H]1C[C@@H](CC)N(S(=O)(=O)c2ccc(C)cc2)[C@H]1c1cn(C(=O)OC(C)(C)C)c2ccccc12. The lowest BCUT2D eigenvalue weighted by molar-refractivity contribution is -0.148. The molecule has 0 aliphatic carbocycles. The van der Waals surface area contributed by atoms with Gasteiger partial charge in [0, 0.05) is 17.6 Å². The van der Waals surface area contributed by atoms with Crippen molar-refractivity contribution < 1.29 is 27.5 Å². The molecular formula is C29H36N2O6S. The summed E-state index contributed by atoms with van der Waals surface area (Å²) >= 11 is 0. The van der Waals surface area contributed by atoms with Crippen molar-refractivity contribution in [3.8, 4) is 0 Å². The molecule has 3 aromatic rings. The van der Waals surface area contributed by atoms with Crippen LogP contribution in [0.1, 0.15) is 64.6 Å². The number of para-hydroxylation sites is 1. The molecule has 0 spiro atoms. The summed E-state index contributed by atoms with van der Waals surface area (Å²) in [5.74, 6) is -1.19. The first-order valence-corrected chi connectivity index (χ1v) is 14.4. The molecule has 0 bridgehead atoms. The number of fused-ring (bicyclic) bond motifs is 1. The van der Waals surface area contributed by atoms with Gasteiger partial charge in [-0.25, -0.2) is 13.2 Å². The predicted molar refractivity (Wildman–Crippen MR) is 145 cm³/mol. The number of aryl methyl sites for hydroxylation is 1. The first kappa shape index (κ1) is 27.9. The van der Waals surface area contributed by atoms with E-state index in [0.717, 1.165) is 5.56 Å². The van der Waals surface area contributed by atoms with Crippen LogP contribution in [0.25, 0.3) is 10.9 Å². The Morgan fingerprint density at radius 2 is 1.68 bits per heavy atom. The maximum absolute atomic E-state index is 14.2. The first-order valence-electron chi connectivity index (χ1n) is 13.0. The lowest BCUT2D eigenvalue weighted by Gasteiger charge is -2.30. The molecule has 1 aromatic heterocycles. The van der Waals surface area contributed by atoms with Crippen molar-refractivity contribution in [2.45, 2.75) is 77.0 Å². The van der Waals surface area contributed by atoms with Gasteiger partial charge in [-0.15, -0.1) is 0 Å². The number of rotatable bonds is 6. The molecule has 3 atom stereocenters. The molecule has 8 nitrogen and oxygen atoms in total. The number of esters is 1. The van der Waals surface area contributed by atoms with Gasteiger partial charge in [-0.05, 0) is 71.2 Å². The van der Waals surface area contributed by atoms with E-state index >= 15 is 0 Å². The molecule has 204 valence electrons. The summed E-state index contributed by atoms with van der Waals surface area (Å²) in [4.78, 5) is 26.6. The van der Waals surface area contributed by atoms with E-state index in [9.17, 15) is 18.0 Å². The molecule has 1 aliphatic rings. The Kier molecular flexibility index (Phi) is 7.72. The van der Waals surface area contributed by atoms with E-state index in [-0.39, 0.29) is 11.5 Å². The molecule has 0 N–H and O–H groups in total. The summed E-state index contributed by atoms with van der Waals surface area (Å²) in [5, 5.41) is 0.679. The van der Waals surface area contributed by atoms with Crippen molar-refractivity contribution in [2.75, 3.05) is 6.61 Å². The maximum Gasteiger partial charge on any atom is 0.419 e. The maximum atomic E-state index is 14.2. The van der Waals surface area contributed by atoms with Gasteiger partial charge < -0.3 is 9.47 Å². The van der Waals surface area contributed by atoms with Gasteiger partial charge in [0.25, 0.3) is 0 Å². The highest BCUT2D eigenvalue weighted by atomic mass is 32.2. The van der Waals surface area contributed by atoms with Gasteiger partial charge in [0.2, 0.25) is 10.0 Å². The van der Waals surface area contributed by atoms with Crippen LogP contribution in [-0.2, 0) is 24.3 Å². The van der Waals surface area contributed by atoms with E-state index in [1.54, 1.807) is 70.3 Å². The van der Waals surface area contributed by atoms with E-state index in [0.29, 0.717) is 29.3 Å². The summed E-state index contributed by atoms with van der Waals surface area (Å²) < 4.78 is 42.2. The quantitative estimate of drug-likeness (QED) is 0.365. The van der Waals surface area contributed by atoms with Gasteiger partial charge in [-0.1, -0.05) is 42.8 Å². The van der Waals surface area contributed by atoms with Gasteiger partial charge in [0.15, 0.2) is 0 Å². The highest BCUT2D eigenvalue weighted by molar-refractivity contribution is 7.89. The third-order valence-electron chi connectivity index (χ3n) is 6.85. The van der Waals surface area contributed by atoms with Gasteiger partial charge in [-0.2, -0.15) is 4.31 Å². The monoisotopic (exact) mass is 540 g/mol. The van der Waals surface area contributed by atoms with Gasteiger partial charge >= 0.3 is 12.1 Å². The van der Waals surface area contributed by atoms with Crippen LogP contribution in [0.2, 0.25) is 0 Å². The topological polar surface area (TPSA) is 94.9 Å². The van der Waals surface area contributed by atoms with Crippen molar-refractivity contribution in [3.63, 3.8) is 0 Å². The zero-order valence-corrected chi connectivity index (χ0v) is 23.6. The van der Waals surface area contributed by atoms with Gasteiger partial charge in [0.1, 0.15) is 5.60 Å². The highest BCUT2D eigenvalue weighted by Crippen LogP contribution is 2.48. The molecule has 1 saturated heterocycles. The molecular weight excluding hydrogens is 504 g/mol. The Hall–Kier alpha value is -3.17. The standard InChI is InChI=1S/C29H36N2O6S/c1-7-20-17-23(27(32)36-8-2)26(31(20)38(34,35)21-15-13-19(3)14-16-21)24-18-30(28(33)37-29(4,5)6)25-12-10-9-11-22(24)25/h9-16,18,20,23,26H,7-8,17H2,1-6H3/t20-,23+,26-/m1/s1. The molecule has 0 radical (unpaired) electrons. The number of hydrogen-bond acceptors (Lipinski definition) is 6. The lowest BCUT2D eigenvalue weighted by atomic mass is 9.93. The summed E-state index contributed by atoms with van der Waals surface area (Å²) in [5.41, 5.74) is 1.36.